The fraction of sp³-hybridized carbons (Fsp3) is 0.308. The number of nitrogens with zero attached hydrogens (tertiary/aromatic N) is 4. The molecule has 0 saturated carbocycles. The van der Waals surface area contributed by atoms with Crippen LogP contribution in [0.1, 0.15) is 18.5 Å². The molecule has 0 fully saturated rings. The summed E-state index contributed by atoms with van der Waals surface area (Å²) in [5, 5.41) is 3.84. The molecule has 0 radical (unpaired) electrons. The third-order valence-electron chi connectivity index (χ3n) is 3.18. The van der Waals surface area contributed by atoms with E-state index in [2.05, 4.69) is 10.1 Å². The fourth-order valence-corrected chi connectivity index (χ4v) is 1.87. The lowest BCUT2D eigenvalue weighted by molar-refractivity contribution is -0.132. The predicted molar refractivity (Wildman–Crippen MR) is 72.0 cm³/mol. The molecule has 2 aromatic rings. The minimum atomic E-state index is -0.371. The second-order valence-electron chi connectivity index (χ2n) is 4.50. The van der Waals surface area contributed by atoms with E-state index in [1.807, 2.05) is 0 Å². The van der Waals surface area contributed by atoms with Crippen molar-refractivity contribution in [2.75, 3.05) is 12.8 Å². The predicted octanol–water partition coefficient (Wildman–Crippen LogP) is 1.22. The van der Waals surface area contributed by atoms with Crippen LogP contribution < -0.4 is 5.73 Å². The number of hydrogen-bond acceptors (Lipinski definition) is 4. The smallest absolute Gasteiger partial charge is 0.244 e. The first-order valence-corrected chi connectivity index (χ1v) is 6.14. The zero-order valence-corrected chi connectivity index (χ0v) is 11.3. The zero-order chi connectivity index (χ0) is 14.7. The van der Waals surface area contributed by atoms with E-state index in [1.165, 1.54) is 22.0 Å². The van der Waals surface area contributed by atoms with Gasteiger partial charge in [0.15, 0.2) is 0 Å². The molecule has 0 aliphatic carbocycles. The Bertz CT molecular complexity index is 612. The highest BCUT2D eigenvalue weighted by molar-refractivity contribution is 5.76. The number of benzene rings is 1. The lowest BCUT2D eigenvalue weighted by atomic mass is 10.1. The van der Waals surface area contributed by atoms with Gasteiger partial charge in [-0.15, -0.1) is 5.10 Å². The highest BCUT2D eigenvalue weighted by Crippen LogP contribution is 2.21. The molecule has 1 unspecified atom stereocenters. The lowest BCUT2D eigenvalue weighted by Crippen LogP contribution is -2.33. The molecule has 2 rings (SSSR count). The van der Waals surface area contributed by atoms with Crippen molar-refractivity contribution in [2.45, 2.75) is 19.5 Å². The van der Waals surface area contributed by atoms with Crippen molar-refractivity contribution in [3.05, 3.63) is 42.0 Å². The van der Waals surface area contributed by atoms with Gasteiger partial charge < -0.3 is 10.6 Å². The molecular formula is C13H16FN5O. The van der Waals surface area contributed by atoms with Gasteiger partial charge in [-0.2, -0.15) is 0 Å². The molecule has 0 aliphatic rings. The van der Waals surface area contributed by atoms with Crippen molar-refractivity contribution in [1.82, 2.24) is 19.7 Å². The normalized spacial score (nSPS) is 12.2. The first-order chi connectivity index (χ1) is 9.49. The van der Waals surface area contributed by atoms with Gasteiger partial charge in [-0.1, -0.05) is 18.2 Å². The Labute approximate surface area is 116 Å². The van der Waals surface area contributed by atoms with Crippen LogP contribution in [-0.4, -0.2) is 32.6 Å². The Balaban J connectivity index is 2.08. The minimum absolute atomic E-state index is 0.0134. The largest absolute Gasteiger partial charge is 0.367 e. The lowest BCUT2D eigenvalue weighted by Gasteiger charge is -2.25. The van der Waals surface area contributed by atoms with Crippen molar-refractivity contribution >= 4 is 11.9 Å². The minimum Gasteiger partial charge on any atom is -0.367 e. The van der Waals surface area contributed by atoms with Crippen molar-refractivity contribution < 1.29 is 9.18 Å². The van der Waals surface area contributed by atoms with Gasteiger partial charge in [-0.3, -0.25) is 4.79 Å². The van der Waals surface area contributed by atoms with Gasteiger partial charge in [0.2, 0.25) is 11.9 Å². The number of nitrogens with two attached hydrogens (primary N) is 1. The number of aromatic nitrogens is 3. The maximum Gasteiger partial charge on any atom is 0.244 e. The number of anilines is 1. The molecule has 1 aromatic heterocycles. The quantitative estimate of drug-likeness (QED) is 0.911. The first kappa shape index (κ1) is 14.0. The van der Waals surface area contributed by atoms with Crippen LogP contribution in [-0.2, 0) is 11.3 Å². The number of likely N-dealkylation sites (N-methyl/N-ethyl adjacent to an activating group) is 1. The maximum absolute atomic E-state index is 13.7. The number of hydrogen-bond donors (Lipinski definition) is 1. The van der Waals surface area contributed by atoms with E-state index in [0.29, 0.717) is 5.56 Å². The molecule has 106 valence electrons. The molecule has 1 atom stereocenters. The second kappa shape index (κ2) is 5.68. The van der Waals surface area contributed by atoms with E-state index < -0.39 is 0 Å². The van der Waals surface area contributed by atoms with Crippen LogP contribution in [0.2, 0.25) is 0 Å². The fourth-order valence-electron chi connectivity index (χ4n) is 1.87. The van der Waals surface area contributed by atoms with Crippen LogP contribution in [0.3, 0.4) is 0 Å². The third kappa shape index (κ3) is 2.93. The first-order valence-electron chi connectivity index (χ1n) is 6.14. The van der Waals surface area contributed by atoms with Gasteiger partial charge in [0.1, 0.15) is 18.7 Å². The van der Waals surface area contributed by atoms with E-state index in [-0.39, 0.29) is 30.3 Å². The SMILES string of the molecule is CC(c1ccccc1F)N(C)C(=O)Cn1cnc(N)n1. The van der Waals surface area contributed by atoms with Crippen molar-refractivity contribution in [3.8, 4) is 0 Å². The number of carbonyl (C=O) groups is 1. The van der Waals surface area contributed by atoms with Gasteiger partial charge in [0, 0.05) is 12.6 Å². The maximum atomic E-state index is 13.7. The molecule has 7 heteroatoms. The van der Waals surface area contributed by atoms with Crippen LogP contribution in [0.5, 0.6) is 0 Å². The summed E-state index contributed by atoms with van der Waals surface area (Å²) in [6.07, 6.45) is 1.38. The third-order valence-corrected chi connectivity index (χ3v) is 3.18. The summed E-state index contributed by atoms with van der Waals surface area (Å²) in [6.45, 7) is 1.78. The van der Waals surface area contributed by atoms with Crippen LogP contribution >= 0.6 is 0 Å². The summed E-state index contributed by atoms with van der Waals surface area (Å²) in [5.41, 5.74) is 5.86. The second-order valence-corrected chi connectivity index (χ2v) is 4.50. The molecule has 20 heavy (non-hydrogen) atoms. The van der Waals surface area contributed by atoms with Gasteiger partial charge in [-0.25, -0.2) is 14.1 Å². The van der Waals surface area contributed by atoms with E-state index in [4.69, 9.17) is 5.73 Å². The standard InChI is InChI=1S/C13H16FN5O/c1-9(10-5-3-4-6-11(10)14)18(2)12(20)7-19-8-16-13(15)17-19/h3-6,8-9H,7H2,1-2H3,(H2,15,17). The van der Waals surface area contributed by atoms with E-state index in [9.17, 15) is 9.18 Å². The van der Waals surface area contributed by atoms with Crippen LogP contribution in [0.25, 0.3) is 0 Å². The molecule has 2 N–H and O–H groups in total. The molecule has 1 amide bonds. The molecule has 0 saturated heterocycles. The average Bonchev–Trinajstić information content (AvgIpc) is 2.83. The van der Waals surface area contributed by atoms with Crippen molar-refractivity contribution in [1.29, 1.82) is 0 Å². The van der Waals surface area contributed by atoms with E-state index in [1.54, 1.807) is 32.2 Å². The highest BCUT2D eigenvalue weighted by Gasteiger charge is 2.20. The van der Waals surface area contributed by atoms with E-state index in [0.717, 1.165) is 0 Å². The summed E-state index contributed by atoms with van der Waals surface area (Å²) < 4.78 is 15.1. The van der Waals surface area contributed by atoms with Gasteiger partial charge in [0.25, 0.3) is 0 Å². The molecule has 1 aromatic carbocycles. The summed E-state index contributed by atoms with van der Waals surface area (Å²) >= 11 is 0. The Morgan fingerprint density at radius 1 is 1.50 bits per heavy atom. The Hall–Kier alpha value is -2.44. The van der Waals surface area contributed by atoms with Gasteiger partial charge in [0.05, 0.1) is 6.04 Å². The van der Waals surface area contributed by atoms with Crippen LogP contribution in [0.4, 0.5) is 10.3 Å². The molecule has 0 aliphatic heterocycles. The van der Waals surface area contributed by atoms with Crippen LogP contribution in [0, 0.1) is 5.82 Å². The molecule has 0 bridgehead atoms. The summed E-state index contributed by atoms with van der Waals surface area (Å²) in [4.78, 5) is 17.3. The van der Waals surface area contributed by atoms with Gasteiger partial charge in [-0.05, 0) is 13.0 Å². The molecular weight excluding hydrogens is 261 g/mol. The Morgan fingerprint density at radius 3 is 2.80 bits per heavy atom. The number of carbonyl (C=O) groups excluding carboxylic acids is 1. The number of nitrogen functional groups attached to an aromatic ring is 1. The summed E-state index contributed by atoms with van der Waals surface area (Å²) in [7, 11) is 1.62. The molecule has 6 nitrogen and oxygen atoms in total. The van der Waals surface area contributed by atoms with Crippen LogP contribution in [0.15, 0.2) is 30.6 Å². The highest BCUT2D eigenvalue weighted by atomic mass is 19.1. The van der Waals surface area contributed by atoms with Crippen molar-refractivity contribution in [2.24, 2.45) is 0 Å². The van der Waals surface area contributed by atoms with Gasteiger partial charge >= 0.3 is 0 Å². The van der Waals surface area contributed by atoms with E-state index >= 15 is 0 Å². The Morgan fingerprint density at radius 2 is 2.20 bits per heavy atom. The molecule has 0 spiro atoms. The average molecular weight is 277 g/mol. The summed E-state index contributed by atoms with van der Waals surface area (Å²) in [6, 6.07) is 6.03. The Kier molecular flexibility index (Phi) is 3.97. The van der Waals surface area contributed by atoms with Crippen molar-refractivity contribution in [3.63, 3.8) is 0 Å². The number of rotatable bonds is 4. The number of amides is 1. The topological polar surface area (TPSA) is 77.0 Å². The number of halogens is 1. The summed E-state index contributed by atoms with van der Waals surface area (Å²) in [5.74, 6) is -0.419. The zero-order valence-electron chi connectivity index (χ0n) is 11.3. The monoisotopic (exact) mass is 277 g/mol. The molecule has 1 heterocycles.